The molecular weight excluding hydrogens is 602 g/mol. The first-order chi connectivity index (χ1) is 22.4. The number of nitrogens with one attached hydrogen (secondary N) is 2. The number of H-pyrrole nitrogens is 1. The fraction of sp³-hybridized carbons (Fsp3) is 0.152. The van der Waals surface area contributed by atoms with Crippen LogP contribution in [0.4, 0.5) is 16.4 Å². The zero-order chi connectivity index (χ0) is 31.9. The van der Waals surface area contributed by atoms with Crippen molar-refractivity contribution in [3.05, 3.63) is 101 Å². The average molecular weight is 632 g/mol. The second-order valence-electron chi connectivity index (χ2n) is 10.3. The molecule has 0 atom stereocenters. The molecule has 12 nitrogen and oxygen atoms in total. The quantitative estimate of drug-likeness (QED) is 0.154. The molecule has 4 N–H and O–H groups in total. The molecule has 0 saturated heterocycles. The Hall–Kier alpha value is -6.00. The number of para-hydroxylation sites is 1. The second-order valence-corrected chi connectivity index (χ2v) is 11.3. The summed E-state index contributed by atoms with van der Waals surface area (Å²) < 4.78 is 12.2. The molecule has 0 bridgehead atoms. The van der Waals surface area contributed by atoms with Crippen molar-refractivity contribution < 1.29 is 14.3 Å². The largest absolute Gasteiger partial charge is 0.471 e. The number of hydrogen-bond donors (Lipinski definition) is 3. The minimum atomic E-state index is -0.496. The summed E-state index contributed by atoms with van der Waals surface area (Å²) in [5.41, 5.74) is 11.9. The number of nitrogens with zero attached hydrogens (tertiary/aromatic N) is 6. The van der Waals surface area contributed by atoms with Gasteiger partial charge in [0.25, 0.3) is 0 Å². The number of anilines is 2. The summed E-state index contributed by atoms with van der Waals surface area (Å²) in [4.78, 5) is 34.1. The monoisotopic (exact) mass is 631 g/mol. The van der Waals surface area contributed by atoms with Gasteiger partial charge >= 0.3 is 6.09 Å². The number of allylic oxidation sites excluding steroid dienone is 1. The van der Waals surface area contributed by atoms with Gasteiger partial charge in [-0.1, -0.05) is 48.5 Å². The van der Waals surface area contributed by atoms with Crippen LogP contribution in [0.5, 0.6) is 5.88 Å². The third-order valence-electron chi connectivity index (χ3n) is 7.05. The molecule has 6 aromatic rings. The fourth-order valence-corrected chi connectivity index (χ4v) is 5.51. The highest BCUT2D eigenvalue weighted by Crippen LogP contribution is 2.28. The molecule has 0 unspecified atom stereocenters. The number of carbonyl (C=O) groups excluding carboxylic acids is 1. The van der Waals surface area contributed by atoms with E-state index >= 15 is 0 Å². The molecule has 0 aliphatic rings. The topological polar surface area (TPSA) is 168 Å². The van der Waals surface area contributed by atoms with E-state index in [0.29, 0.717) is 40.7 Å². The van der Waals surface area contributed by atoms with E-state index in [0.717, 1.165) is 32.6 Å². The number of imidazole rings is 1. The van der Waals surface area contributed by atoms with Crippen molar-refractivity contribution in [3.8, 4) is 11.9 Å². The summed E-state index contributed by atoms with van der Waals surface area (Å²) in [6.07, 6.45) is 2.85. The molecule has 3 aromatic heterocycles. The molecule has 0 saturated carbocycles. The van der Waals surface area contributed by atoms with Crippen molar-refractivity contribution in [2.45, 2.75) is 13.2 Å². The molecule has 3 aromatic carbocycles. The van der Waals surface area contributed by atoms with Gasteiger partial charge in [-0.05, 0) is 47.0 Å². The number of alkyl carbamates (subject to hydrolysis) is 1. The Morgan fingerprint density at radius 1 is 1.07 bits per heavy atom. The van der Waals surface area contributed by atoms with Crippen LogP contribution in [0, 0.1) is 11.3 Å². The number of aromatic amines is 1. The lowest BCUT2D eigenvalue weighted by Crippen LogP contribution is -2.28. The number of thiazole rings is 1. The van der Waals surface area contributed by atoms with Gasteiger partial charge in [0.2, 0.25) is 11.8 Å². The maximum absolute atomic E-state index is 12.3. The Kier molecular flexibility index (Phi) is 8.98. The number of nitrogens with two attached hydrogens (primary N) is 1. The Bertz CT molecular complexity index is 2010. The molecule has 1 amide bonds. The van der Waals surface area contributed by atoms with Crippen LogP contribution in [-0.2, 0) is 17.9 Å². The lowest BCUT2D eigenvalue weighted by atomic mass is 10.1. The number of benzene rings is 3. The summed E-state index contributed by atoms with van der Waals surface area (Å²) in [5, 5.41) is 13.2. The van der Waals surface area contributed by atoms with Gasteiger partial charge in [-0.3, -0.25) is 0 Å². The van der Waals surface area contributed by atoms with Crippen LogP contribution in [0.2, 0.25) is 0 Å². The molecule has 0 aliphatic heterocycles. The van der Waals surface area contributed by atoms with Crippen LogP contribution in [0.1, 0.15) is 21.7 Å². The van der Waals surface area contributed by atoms with Gasteiger partial charge in [0, 0.05) is 19.3 Å². The van der Waals surface area contributed by atoms with E-state index in [9.17, 15) is 10.1 Å². The molecule has 46 heavy (non-hydrogen) atoms. The molecule has 13 heteroatoms. The van der Waals surface area contributed by atoms with Gasteiger partial charge < -0.3 is 30.4 Å². The van der Waals surface area contributed by atoms with Crippen molar-refractivity contribution in [1.82, 2.24) is 30.2 Å². The molecule has 230 valence electrons. The molecule has 0 fully saturated rings. The SMILES string of the molecule is CN(CCOC(=O)NCc1ccc(COc2nc(N)nc3[nH]cnc23)cc1)c1ccc(/C=C(\C#N)c2nc3ccccc3s2)cc1. The normalized spacial score (nSPS) is 11.3. The van der Waals surface area contributed by atoms with E-state index in [1.54, 1.807) is 0 Å². The first-order valence-electron chi connectivity index (χ1n) is 14.3. The summed E-state index contributed by atoms with van der Waals surface area (Å²) in [5.74, 6) is 0.407. The number of nitrogen functional groups attached to an aromatic ring is 1. The maximum atomic E-state index is 12.3. The second kappa shape index (κ2) is 13.7. The third kappa shape index (κ3) is 7.20. The zero-order valence-electron chi connectivity index (χ0n) is 24.8. The van der Waals surface area contributed by atoms with Crippen molar-refractivity contribution in [3.63, 3.8) is 0 Å². The van der Waals surface area contributed by atoms with Crippen LogP contribution in [0.3, 0.4) is 0 Å². The predicted molar refractivity (Wildman–Crippen MR) is 178 cm³/mol. The number of ether oxygens (including phenoxy) is 2. The highest BCUT2D eigenvalue weighted by Gasteiger charge is 2.11. The molecule has 0 spiro atoms. The Labute approximate surface area is 268 Å². The minimum absolute atomic E-state index is 0.0992. The third-order valence-corrected chi connectivity index (χ3v) is 8.12. The van der Waals surface area contributed by atoms with Crippen LogP contribution in [-0.4, -0.2) is 51.2 Å². The summed E-state index contributed by atoms with van der Waals surface area (Å²) in [7, 11) is 1.93. The number of rotatable bonds is 11. The zero-order valence-corrected chi connectivity index (χ0v) is 25.6. The van der Waals surface area contributed by atoms with E-state index < -0.39 is 6.09 Å². The molecular formula is C33H29N9O3S. The first-order valence-corrected chi connectivity index (χ1v) is 15.1. The van der Waals surface area contributed by atoms with E-state index in [1.807, 2.05) is 90.8 Å². The van der Waals surface area contributed by atoms with Crippen LogP contribution >= 0.6 is 11.3 Å². The molecule has 0 aliphatic carbocycles. The lowest BCUT2D eigenvalue weighted by molar-refractivity contribution is 0.148. The standard InChI is InChI=1S/C33H29N9O3S/c1-42(25-12-10-21(11-13-25)16-24(17-34)31-39-26-4-2-3-5-27(26)46-31)14-15-44-33(43)36-18-22-6-8-23(9-7-22)19-45-30-28-29(38-20-37-28)40-32(35)41-30/h2-13,16,20H,14-15,18-19H2,1H3,(H,36,43)(H3,35,37,38,40,41)/b24-16+. The first kappa shape index (κ1) is 30.0. The van der Waals surface area contributed by atoms with E-state index in [2.05, 4.69) is 36.3 Å². The van der Waals surface area contributed by atoms with Crippen molar-refractivity contribution in [1.29, 1.82) is 5.26 Å². The minimum Gasteiger partial charge on any atom is -0.471 e. The maximum Gasteiger partial charge on any atom is 0.407 e. The van der Waals surface area contributed by atoms with Crippen molar-refractivity contribution >= 4 is 62.1 Å². The van der Waals surface area contributed by atoms with Crippen molar-refractivity contribution in [2.24, 2.45) is 0 Å². The number of nitriles is 1. The lowest BCUT2D eigenvalue weighted by Gasteiger charge is -2.19. The number of hydrogen-bond acceptors (Lipinski definition) is 11. The van der Waals surface area contributed by atoms with Crippen LogP contribution < -0.4 is 20.7 Å². The smallest absolute Gasteiger partial charge is 0.407 e. The predicted octanol–water partition coefficient (Wildman–Crippen LogP) is 5.55. The molecule has 0 radical (unpaired) electrons. The number of likely N-dealkylation sites (N-methyl/N-ethyl adjacent to an activating group) is 1. The van der Waals surface area contributed by atoms with Crippen LogP contribution in [0.25, 0.3) is 33.0 Å². The highest BCUT2D eigenvalue weighted by molar-refractivity contribution is 7.19. The van der Waals surface area contributed by atoms with Gasteiger partial charge in [0.15, 0.2) is 11.2 Å². The fourth-order valence-electron chi connectivity index (χ4n) is 4.58. The van der Waals surface area contributed by atoms with Gasteiger partial charge in [-0.15, -0.1) is 11.3 Å². The Morgan fingerprint density at radius 3 is 2.63 bits per heavy atom. The van der Waals surface area contributed by atoms with Gasteiger partial charge in [-0.25, -0.2) is 14.8 Å². The molecule has 3 heterocycles. The van der Waals surface area contributed by atoms with Crippen LogP contribution in [0.15, 0.2) is 79.1 Å². The Balaban J connectivity index is 0.933. The number of fused-ring (bicyclic) bond motifs is 2. The van der Waals surface area contributed by atoms with E-state index in [1.165, 1.54) is 17.7 Å². The molecule has 6 rings (SSSR count). The summed E-state index contributed by atoms with van der Waals surface area (Å²) in [6, 6.07) is 25.6. The summed E-state index contributed by atoms with van der Waals surface area (Å²) in [6.45, 7) is 1.32. The average Bonchev–Trinajstić information content (AvgIpc) is 3.73. The number of aromatic nitrogens is 5. The summed E-state index contributed by atoms with van der Waals surface area (Å²) >= 11 is 1.50. The highest BCUT2D eigenvalue weighted by atomic mass is 32.1. The van der Waals surface area contributed by atoms with Crippen molar-refractivity contribution in [2.75, 3.05) is 30.8 Å². The number of amides is 1. The van der Waals surface area contributed by atoms with Gasteiger partial charge in [-0.2, -0.15) is 15.2 Å². The number of carbonyl (C=O) groups is 1. The van der Waals surface area contributed by atoms with Gasteiger partial charge in [0.1, 0.15) is 24.3 Å². The van der Waals surface area contributed by atoms with Gasteiger partial charge in [0.05, 0.1) is 28.7 Å². The Morgan fingerprint density at radius 2 is 1.85 bits per heavy atom. The van der Waals surface area contributed by atoms with E-state index in [4.69, 9.17) is 15.2 Å². The van der Waals surface area contributed by atoms with E-state index in [-0.39, 0.29) is 19.2 Å².